The Morgan fingerprint density at radius 3 is 2.42 bits per heavy atom. The second-order valence-corrected chi connectivity index (χ2v) is 2.73. The van der Waals surface area contributed by atoms with Crippen molar-refractivity contribution in [2.24, 2.45) is 0 Å². The van der Waals surface area contributed by atoms with Crippen LogP contribution in [0.15, 0.2) is 0 Å². The lowest BCUT2D eigenvalue weighted by molar-refractivity contribution is -0.127. The molecule has 1 atom stereocenters. The second-order valence-electron chi connectivity index (χ2n) is 2.73. The van der Waals surface area contributed by atoms with Crippen molar-refractivity contribution in [3.63, 3.8) is 0 Å². The summed E-state index contributed by atoms with van der Waals surface area (Å²) in [5.41, 5.74) is 0. The van der Waals surface area contributed by atoms with E-state index in [9.17, 15) is 9.59 Å². The van der Waals surface area contributed by atoms with Crippen molar-refractivity contribution in [3.8, 4) is 0 Å². The number of aliphatic hydroxyl groups is 1. The Hall–Kier alpha value is -0.900. The number of ketones is 1. The van der Waals surface area contributed by atoms with Gasteiger partial charge in [-0.2, -0.15) is 0 Å². The van der Waals surface area contributed by atoms with Gasteiger partial charge in [-0.1, -0.05) is 6.92 Å². The Bertz CT molecular complexity index is 164. The molecular weight excluding hydrogens is 158 g/mol. The SMILES string of the molecule is CC[C@@H](CO)NC(=O)CC(C)=O. The number of rotatable bonds is 5. The van der Waals surface area contributed by atoms with E-state index in [1.807, 2.05) is 6.92 Å². The van der Waals surface area contributed by atoms with Crippen LogP contribution >= 0.6 is 0 Å². The Balaban J connectivity index is 3.74. The molecule has 0 aliphatic rings. The third-order valence-electron chi connectivity index (χ3n) is 1.49. The lowest BCUT2D eigenvalue weighted by Gasteiger charge is -2.12. The molecule has 0 saturated heterocycles. The average molecular weight is 173 g/mol. The van der Waals surface area contributed by atoms with Crippen molar-refractivity contribution in [2.75, 3.05) is 6.61 Å². The fraction of sp³-hybridized carbons (Fsp3) is 0.750. The first-order valence-corrected chi connectivity index (χ1v) is 3.99. The fourth-order valence-corrected chi connectivity index (χ4v) is 0.782. The molecule has 0 aliphatic heterocycles. The van der Waals surface area contributed by atoms with Gasteiger partial charge in [0, 0.05) is 0 Å². The molecule has 0 aromatic heterocycles. The van der Waals surface area contributed by atoms with Gasteiger partial charge in [0.05, 0.1) is 19.1 Å². The minimum atomic E-state index is -0.316. The summed E-state index contributed by atoms with van der Waals surface area (Å²) >= 11 is 0. The van der Waals surface area contributed by atoms with E-state index in [-0.39, 0.29) is 30.8 Å². The molecule has 4 heteroatoms. The van der Waals surface area contributed by atoms with E-state index in [1.54, 1.807) is 0 Å². The highest BCUT2D eigenvalue weighted by Crippen LogP contribution is 1.90. The van der Waals surface area contributed by atoms with Gasteiger partial charge in [0.2, 0.25) is 5.91 Å². The van der Waals surface area contributed by atoms with E-state index in [0.717, 1.165) is 0 Å². The second kappa shape index (κ2) is 5.71. The van der Waals surface area contributed by atoms with Gasteiger partial charge >= 0.3 is 0 Å². The van der Waals surface area contributed by atoms with Crippen LogP contribution in [-0.2, 0) is 9.59 Å². The first kappa shape index (κ1) is 11.1. The topological polar surface area (TPSA) is 66.4 Å². The molecule has 2 N–H and O–H groups in total. The summed E-state index contributed by atoms with van der Waals surface area (Å²) in [6.07, 6.45) is 0.566. The van der Waals surface area contributed by atoms with Crippen molar-refractivity contribution >= 4 is 11.7 Å². The Morgan fingerprint density at radius 1 is 1.50 bits per heavy atom. The molecule has 0 radical (unpaired) electrons. The lowest BCUT2D eigenvalue weighted by Crippen LogP contribution is -2.37. The molecule has 0 bridgehead atoms. The molecule has 0 unspecified atom stereocenters. The quantitative estimate of drug-likeness (QED) is 0.568. The molecule has 0 aromatic carbocycles. The van der Waals surface area contributed by atoms with Crippen LogP contribution in [0.3, 0.4) is 0 Å². The van der Waals surface area contributed by atoms with Crippen LogP contribution in [0.1, 0.15) is 26.7 Å². The van der Waals surface area contributed by atoms with E-state index in [4.69, 9.17) is 5.11 Å². The van der Waals surface area contributed by atoms with E-state index < -0.39 is 0 Å². The molecule has 0 aliphatic carbocycles. The molecule has 0 saturated carbocycles. The summed E-state index contributed by atoms with van der Waals surface area (Å²) < 4.78 is 0. The van der Waals surface area contributed by atoms with Gasteiger partial charge in [-0.05, 0) is 13.3 Å². The zero-order valence-electron chi connectivity index (χ0n) is 7.46. The van der Waals surface area contributed by atoms with Crippen LogP contribution in [0.5, 0.6) is 0 Å². The average Bonchev–Trinajstić information content (AvgIpc) is 1.98. The predicted molar refractivity (Wildman–Crippen MR) is 44.6 cm³/mol. The van der Waals surface area contributed by atoms with Crippen LogP contribution in [0.2, 0.25) is 0 Å². The zero-order valence-corrected chi connectivity index (χ0v) is 7.46. The Kier molecular flexibility index (Phi) is 5.28. The maximum Gasteiger partial charge on any atom is 0.227 e. The molecule has 0 fully saturated rings. The molecule has 12 heavy (non-hydrogen) atoms. The fourth-order valence-electron chi connectivity index (χ4n) is 0.782. The summed E-state index contributed by atoms with van der Waals surface area (Å²) in [6, 6.07) is -0.225. The van der Waals surface area contributed by atoms with Gasteiger partial charge in [-0.3, -0.25) is 9.59 Å². The first-order chi connectivity index (χ1) is 5.60. The number of aliphatic hydroxyl groups excluding tert-OH is 1. The molecule has 0 spiro atoms. The van der Waals surface area contributed by atoms with Crippen LogP contribution in [0.4, 0.5) is 0 Å². The number of carbonyl (C=O) groups is 2. The van der Waals surface area contributed by atoms with Crippen molar-refractivity contribution in [3.05, 3.63) is 0 Å². The van der Waals surface area contributed by atoms with E-state index in [1.165, 1.54) is 6.92 Å². The summed E-state index contributed by atoms with van der Waals surface area (Å²) in [5, 5.41) is 11.2. The number of hydrogen-bond acceptors (Lipinski definition) is 3. The van der Waals surface area contributed by atoms with Crippen LogP contribution in [0.25, 0.3) is 0 Å². The van der Waals surface area contributed by atoms with Gasteiger partial charge in [-0.25, -0.2) is 0 Å². The third-order valence-corrected chi connectivity index (χ3v) is 1.49. The standard InChI is InChI=1S/C8H15NO3/c1-3-7(5-10)9-8(12)4-6(2)11/h7,10H,3-5H2,1-2H3,(H,9,12)/t7-/m0/s1. The highest BCUT2D eigenvalue weighted by molar-refractivity contribution is 5.96. The van der Waals surface area contributed by atoms with Crippen LogP contribution < -0.4 is 5.32 Å². The van der Waals surface area contributed by atoms with Crippen LogP contribution in [-0.4, -0.2) is 29.4 Å². The summed E-state index contributed by atoms with van der Waals surface area (Å²) in [5.74, 6) is -0.483. The molecule has 70 valence electrons. The maximum atomic E-state index is 10.9. The van der Waals surface area contributed by atoms with E-state index >= 15 is 0 Å². The number of amides is 1. The Morgan fingerprint density at radius 2 is 2.08 bits per heavy atom. The van der Waals surface area contributed by atoms with E-state index in [2.05, 4.69) is 5.32 Å². The largest absolute Gasteiger partial charge is 0.394 e. The van der Waals surface area contributed by atoms with Gasteiger partial charge in [0.15, 0.2) is 0 Å². The first-order valence-electron chi connectivity index (χ1n) is 3.99. The number of Topliss-reactive ketones (excluding diaryl/α,β-unsaturated/α-hetero) is 1. The minimum Gasteiger partial charge on any atom is -0.394 e. The van der Waals surface area contributed by atoms with Gasteiger partial charge in [-0.15, -0.1) is 0 Å². The molecule has 0 rings (SSSR count). The van der Waals surface area contributed by atoms with Crippen LogP contribution in [0, 0.1) is 0 Å². The number of nitrogens with one attached hydrogen (secondary N) is 1. The molecular formula is C8H15NO3. The molecule has 0 aromatic rings. The highest BCUT2D eigenvalue weighted by atomic mass is 16.3. The third kappa shape index (κ3) is 4.85. The monoisotopic (exact) mass is 173 g/mol. The van der Waals surface area contributed by atoms with Crippen molar-refractivity contribution in [1.82, 2.24) is 5.32 Å². The molecule has 1 amide bonds. The molecule has 0 heterocycles. The summed E-state index contributed by atoms with van der Waals surface area (Å²) in [4.78, 5) is 21.4. The van der Waals surface area contributed by atoms with Crippen molar-refractivity contribution in [1.29, 1.82) is 0 Å². The Labute approximate surface area is 72.0 Å². The smallest absolute Gasteiger partial charge is 0.227 e. The minimum absolute atomic E-state index is 0.0832. The number of carbonyl (C=O) groups excluding carboxylic acids is 2. The predicted octanol–water partition coefficient (Wildman–Crippen LogP) is -0.147. The summed E-state index contributed by atoms with van der Waals surface area (Å²) in [7, 11) is 0. The van der Waals surface area contributed by atoms with Gasteiger partial charge in [0.1, 0.15) is 5.78 Å². The van der Waals surface area contributed by atoms with E-state index in [0.29, 0.717) is 6.42 Å². The summed E-state index contributed by atoms with van der Waals surface area (Å²) in [6.45, 7) is 3.13. The number of hydrogen-bond donors (Lipinski definition) is 2. The molecule has 4 nitrogen and oxygen atoms in total. The van der Waals surface area contributed by atoms with Gasteiger partial charge in [0.25, 0.3) is 0 Å². The normalized spacial score (nSPS) is 12.2. The van der Waals surface area contributed by atoms with Gasteiger partial charge < -0.3 is 10.4 Å². The van der Waals surface area contributed by atoms with Crippen molar-refractivity contribution in [2.45, 2.75) is 32.7 Å². The van der Waals surface area contributed by atoms with Crippen molar-refractivity contribution < 1.29 is 14.7 Å². The maximum absolute atomic E-state index is 10.9. The highest BCUT2D eigenvalue weighted by Gasteiger charge is 2.09. The lowest BCUT2D eigenvalue weighted by atomic mass is 10.2. The zero-order chi connectivity index (χ0) is 9.56.